The minimum Gasteiger partial charge on any atom is -0.378 e. The van der Waals surface area contributed by atoms with Gasteiger partial charge in [-0.15, -0.1) is 0 Å². The van der Waals surface area contributed by atoms with Crippen molar-refractivity contribution in [2.75, 3.05) is 38.6 Å². The van der Waals surface area contributed by atoms with Gasteiger partial charge in [0.05, 0.1) is 24.7 Å². The van der Waals surface area contributed by atoms with Crippen molar-refractivity contribution in [3.63, 3.8) is 0 Å². The number of ether oxygens (including phenoxy) is 1. The Labute approximate surface area is 131 Å². The van der Waals surface area contributed by atoms with Crippen LogP contribution in [0.4, 0.5) is 0 Å². The van der Waals surface area contributed by atoms with Gasteiger partial charge in [0.1, 0.15) is 0 Å². The van der Waals surface area contributed by atoms with Gasteiger partial charge in [-0.25, -0.2) is 8.42 Å². The number of rotatable bonds is 6. The summed E-state index contributed by atoms with van der Waals surface area (Å²) in [6.07, 6.45) is 0.486. The summed E-state index contributed by atoms with van der Waals surface area (Å²) in [7, 11) is -3.10. The maximum absolute atomic E-state index is 12.0. The minimum absolute atomic E-state index is 0.0799. The summed E-state index contributed by atoms with van der Waals surface area (Å²) in [6.45, 7) is 3.21. The van der Waals surface area contributed by atoms with Gasteiger partial charge in [-0.3, -0.25) is 4.99 Å². The normalized spacial score (nSPS) is 16.7. The van der Waals surface area contributed by atoms with E-state index in [1.807, 2.05) is 35.2 Å². The number of sulfone groups is 1. The number of nitrogens with zero attached hydrogens (tertiary/aromatic N) is 2. The molecule has 2 N–H and O–H groups in total. The van der Waals surface area contributed by atoms with E-state index in [1.165, 1.54) is 0 Å². The first-order valence-electron chi connectivity index (χ1n) is 7.44. The zero-order valence-electron chi connectivity index (χ0n) is 12.6. The van der Waals surface area contributed by atoms with E-state index in [2.05, 4.69) is 4.99 Å². The van der Waals surface area contributed by atoms with Crippen molar-refractivity contribution in [1.29, 1.82) is 0 Å². The van der Waals surface area contributed by atoms with Crippen LogP contribution in [0, 0.1) is 0 Å². The molecule has 1 heterocycles. The van der Waals surface area contributed by atoms with Crippen LogP contribution in [-0.2, 0) is 20.3 Å². The third kappa shape index (κ3) is 5.65. The number of benzene rings is 1. The maximum atomic E-state index is 12.0. The number of guanidine groups is 1. The molecule has 0 aliphatic carbocycles. The van der Waals surface area contributed by atoms with Gasteiger partial charge in [-0.1, -0.05) is 30.3 Å². The molecular formula is C15H23N3O3S. The molecule has 1 fully saturated rings. The summed E-state index contributed by atoms with van der Waals surface area (Å²) in [5.74, 6) is 0.682. The van der Waals surface area contributed by atoms with E-state index in [0.717, 1.165) is 18.7 Å². The third-order valence-electron chi connectivity index (χ3n) is 3.45. The molecule has 1 aliphatic rings. The van der Waals surface area contributed by atoms with E-state index in [0.29, 0.717) is 32.1 Å². The molecule has 22 heavy (non-hydrogen) atoms. The van der Waals surface area contributed by atoms with Gasteiger partial charge in [-0.2, -0.15) is 0 Å². The molecule has 0 saturated carbocycles. The SMILES string of the molecule is NC(=NCCCS(=O)(=O)Cc1ccccc1)N1CCOCC1. The third-order valence-corrected chi connectivity index (χ3v) is 5.14. The number of morpholine rings is 1. The van der Waals surface area contributed by atoms with Crippen LogP contribution in [0.5, 0.6) is 0 Å². The Balaban J connectivity index is 1.75. The van der Waals surface area contributed by atoms with Crippen molar-refractivity contribution in [3.8, 4) is 0 Å². The Morgan fingerprint density at radius 2 is 1.91 bits per heavy atom. The highest BCUT2D eigenvalue weighted by Crippen LogP contribution is 2.07. The molecule has 0 bridgehead atoms. The van der Waals surface area contributed by atoms with Crippen LogP contribution >= 0.6 is 0 Å². The van der Waals surface area contributed by atoms with E-state index >= 15 is 0 Å². The van der Waals surface area contributed by atoms with Crippen LogP contribution in [-0.4, -0.2) is 57.9 Å². The average Bonchev–Trinajstić information content (AvgIpc) is 2.53. The summed E-state index contributed by atoms with van der Waals surface area (Å²) in [5.41, 5.74) is 6.71. The molecule has 1 aromatic carbocycles. The fraction of sp³-hybridized carbons (Fsp3) is 0.533. The first kappa shape index (κ1) is 16.8. The zero-order chi connectivity index (χ0) is 15.8. The van der Waals surface area contributed by atoms with Crippen LogP contribution in [0.15, 0.2) is 35.3 Å². The molecule has 1 saturated heterocycles. The molecule has 1 aliphatic heterocycles. The lowest BCUT2D eigenvalue weighted by Crippen LogP contribution is -2.44. The monoisotopic (exact) mass is 325 g/mol. The topological polar surface area (TPSA) is 85.0 Å². The molecular weight excluding hydrogens is 302 g/mol. The van der Waals surface area contributed by atoms with Gasteiger partial charge >= 0.3 is 0 Å². The van der Waals surface area contributed by atoms with Gasteiger partial charge in [-0.05, 0) is 12.0 Å². The smallest absolute Gasteiger partial charge is 0.191 e. The summed E-state index contributed by atoms with van der Waals surface area (Å²) in [4.78, 5) is 6.22. The Morgan fingerprint density at radius 1 is 1.23 bits per heavy atom. The minimum atomic E-state index is -3.10. The van der Waals surface area contributed by atoms with E-state index in [4.69, 9.17) is 10.5 Å². The first-order valence-corrected chi connectivity index (χ1v) is 9.26. The Bertz CT molecular complexity index is 581. The van der Waals surface area contributed by atoms with Crippen molar-refractivity contribution in [2.24, 2.45) is 10.7 Å². The average molecular weight is 325 g/mol. The summed E-state index contributed by atoms with van der Waals surface area (Å²) in [6, 6.07) is 9.22. The molecule has 7 heteroatoms. The highest BCUT2D eigenvalue weighted by Gasteiger charge is 2.13. The van der Waals surface area contributed by atoms with E-state index in [-0.39, 0.29) is 11.5 Å². The molecule has 0 amide bonds. The number of hydrogen-bond donors (Lipinski definition) is 1. The Hall–Kier alpha value is -1.60. The van der Waals surface area contributed by atoms with Crippen molar-refractivity contribution in [2.45, 2.75) is 12.2 Å². The second kappa shape index (κ2) is 8.14. The summed E-state index contributed by atoms with van der Waals surface area (Å²) in [5, 5.41) is 0. The molecule has 0 spiro atoms. The zero-order valence-corrected chi connectivity index (χ0v) is 13.5. The number of hydrogen-bond acceptors (Lipinski definition) is 4. The fourth-order valence-corrected chi connectivity index (χ4v) is 3.68. The van der Waals surface area contributed by atoms with E-state index in [1.54, 1.807) is 0 Å². The number of nitrogens with two attached hydrogens (primary N) is 1. The fourth-order valence-electron chi connectivity index (χ4n) is 2.27. The van der Waals surface area contributed by atoms with Gasteiger partial charge in [0, 0.05) is 19.6 Å². The van der Waals surface area contributed by atoms with E-state index < -0.39 is 9.84 Å². The van der Waals surface area contributed by atoms with Gasteiger partial charge in [0.25, 0.3) is 0 Å². The highest BCUT2D eigenvalue weighted by molar-refractivity contribution is 7.90. The quantitative estimate of drug-likeness (QED) is 0.471. The maximum Gasteiger partial charge on any atom is 0.191 e. The summed E-state index contributed by atoms with van der Waals surface area (Å²) >= 11 is 0. The van der Waals surface area contributed by atoms with E-state index in [9.17, 15) is 8.42 Å². The predicted octanol–water partition coefficient (Wildman–Crippen LogP) is 0.638. The van der Waals surface area contributed by atoms with Crippen LogP contribution < -0.4 is 5.73 Å². The highest BCUT2D eigenvalue weighted by atomic mass is 32.2. The van der Waals surface area contributed by atoms with Crippen LogP contribution in [0.3, 0.4) is 0 Å². The van der Waals surface area contributed by atoms with Gasteiger partial charge in [0.2, 0.25) is 0 Å². The largest absolute Gasteiger partial charge is 0.378 e. The predicted molar refractivity (Wildman–Crippen MR) is 87.4 cm³/mol. The second-order valence-electron chi connectivity index (χ2n) is 5.27. The van der Waals surface area contributed by atoms with Crippen LogP contribution in [0.1, 0.15) is 12.0 Å². The van der Waals surface area contributed by atoms with Crippen LogP contribution in [0.25, 0.3) is 0 Å². The lowest BCUT2D eigenvalue weighted by atomic mass is 10.2. The number of aliphatic imine (C=N–C) groups is 1. The molecule has 0 unspecified atom stereocenters. The molecule has 2 rings (SSSR count). The van der Waals surface area contributed by atoms with Gasteiger partial charge < -0.3 is 15.4 Å². The molecule has 0 atom stereocenters. The molecule has 6 nitrogen and oxygen atoms in total. The Morgan fingerprint density at radius 3 is 2.59 bits per heavy atom. The van der Waals surface area contributed by atoms with Crippen molar-refractivity contribution >= 4 is 15.8 Å². The van der Waals surface area contributed by atoms with Crippen molar-refractivity contribution in [3.05, 3.63) is 35.9 Å². The van der Waals surface area contributed by atoms with Gasteiger partial charge in [0.15, 0.2) is 15.8 Å². The second-order valence-corrected chi connectivity index (χ2v) is 7.45. The summed E-state index contributed by atoms with van der Waals surface area (Å²) < 4.78 is 29.3. The lowest BCUT2D eigenvalue weighted by Gasteiger charge is -2.27. The van der Waals surface area contributed by atoms with Crippen LogP contribution in [0.2, 0.25) is 0 Å². The molecule has 1 aromatic rings. The standard InChI is InChI=1S/C15H23N3O3S/c16-15(18-8-10-21-11-9-18)17-7-4-12-22(19,20)13-14-5-2-1-3-6-14/h1-3,5-6H,4,7-13H2,(H2,16,17). The van der Waals surface area contributed by atoms with Crippen molar-refractivity contribution < 1.29 is 13.2 Å². The molecule has 0 radical (unpaired) electrons. The molecule has 0 aromatic heterocycles. The van der Waals surface area contributed by atoms with Crippen molar-refractivity contribution in [1.82, 2.24) is 4.90 Å². The Kier molecular flexibility index (Phi) is 6.21. The first-order chi connectivity index (χ1) is 10.6. The lowest BCUT2D eigenvalue weighted by molar-refractivity contribution is 0.0674. The molecule has 122 valence electrons.